The number of hydrogen-bond acceptors (Lipinski definition) is 5. The molecule has 9 heteroatoms. The van der Waals surface area contributed by atoms with Crippen molar-refractivity contribution in [2.45, 2.75) is 6.04 Å². The van der Waals surface area contributed by atoms with Crippen LogP contribution in [0.15, 0.2) is 18.2 Å². The molecule has 0 spiro atoms. The Balaban J connectivity index is 0.00000180. The van der Waals surface area contributed by atoms with Crippen LogP contribution >= 0.6 is 12.4 Å². The zero-order valence-corrected chi connectivity index (χ0v) is 10.9. The molecule has 20 heavy (non-hydrogen) atoms. The van der Waals surface area contributed by atoms with Gasteiger partial charge in [-0.1, -0.05) is 10.5 Å². The highest BCUT2D eigenvalue weighted by Gasteiger charge is 2.45. The number of aliphatic carboxylic acids is 1. The highest BCUT2D eigenvalue weighted by molar-refractivity contribution is 6.51. The smallest absolute Gasteiger partial charge is 0.337 e. The summed E-state index contributed by atoms with van der Waals surface area (Å²) >= 11 is 0. The van der Waals surface area contributed by atoms with Gasteiger partial charge in [0.05, 0.1) is 12.7 Å². The summed E-state index contributed by atoms with van der Waals surface area (Å²) in [5.74, 6) is -4.09. The van der Waals surface area contributed by atoms with E-state index >= 15 is 0 Å². The van der Waals surface area contributed by atoms with Crippen LogP contribution < -0.4 is 9.86 Å². The molecule has 0 radical (unpaired) electrons. The summed E-state index contributed by atoms with van der Waals surface area (Å²) in [6.45, 7) is 0. The van der Waals surface area contributed by atoms with Crippen molar-refractivity contribution >= 4 is 35.6 Å². The topological polar surface area (TPSA) is 115 Å². The monoisotopic (exact) mass is 307 g/mol. The molecule has 0 bridgehead atoms. The van der Waals surface area contributed by atoms with Gasteiger partial charge < -0.3 is 15.3 Å². The second-order valence-corrected chi connectivity index (χ2v) is 3.60. The maximum atomic E-state index is 14.0. The number of carboxylic acid groups (broad SMARTS) is 1. The van der Waals surface area contributed by atoms with E-state index in [1.807, 2.05) is 0 Å². The van der Waals surface area contributed by atoms with Gasteiger partial charge in [0.15, 0.2) is 0 Å². The summed E-state index contributed by atoms with van der Waals surface area (Å²) in [4.78, 5) is 34.0. The van der Waals surface area contributed by atoms with E-state index in [0.29, 0.717) is 0 Å². The van der Waals surface area contributed by atoms with Gasteiger partial charge in [-0.25, -0.2) is 4.79 Å². The zero-order chi connectivity index (χ0) is 13.4. The fourth-order valence-electron chi connectivity index (χ4n) is 1.79. The number of Topliss-reactive ketones (excluding diaryl/α,β-unsaturated/α-hetero) is 2. The number of rotatable bonds is 2. The molecular formula is C11H11ClFNO6. The summed E-state index contributed by atoms with van der Waals surface area (Å²) in [6.07, 6.45) is 0. The maximum Gasteiger partial charge on any atom is 0.337 e. The van der Waals surface area contributed by atoms with Crippen LogP contribution in [0.25, 0.3) is 0 Å². The second-order valence-electron chi connectivity index (χ2n) is 3.60. The number of carboxylic acids is 1. The van der Waals surface area contributed by atoms with Crippen LogP contribution in [0.2, 0.25) is 0 Å². The van der Waals surface area contributed by atoms with Gasteiger partial charge in [0.2, 0.25) is 17.6 Å². The molecule has 0 amide bonds. The quantitative estimate of drug-likeness (QED) is 0.474. The molecule has 1 aliphatic heterocycles. The largest absolute Gasteiger partial charge is 0.494 e. The van der Waals surface area contributed by atoms with Crippen molar-refractivity contribution in [1.29, 1.82) is 0 Å². The molecule has 110 valence electrons. The van der Waals surface area contributed by atoms with Crippen molar-refractivity contribution in [2.24, 2.45) is 0 Å². The molecule has 0 saturated heterocycles. The number of halogens is 2. The van der Waals surface area contributed by atoms with E-state index in [1.54, 1.807) is 0 Å². The van der Waals surface area contributed by atoms with Crippen molar-refractivity contribution in [2.75, 3.05) is 12.2 Å². The Labute approximate surface area is 118 Å². The van der Waals surface area contributed by atoms with Crippen LogP contribution in [-0.4, -0.2) is 41.3 Å². The van der Waals surface area contributed by atoms with Gasteiger partial charge in [-0.15, -0.1) is 12.4 Å². The van der Waals surface area contributed by atoms with E-state index in [0.717, 1.165) is 0 Å². The molecular weight excluding hydrogens is 297 g/mol. The maximum absolute atomic E-state index is 14.0. The third kappa shape index (κ3) is 2.43. The van der Waals surface area contributed by atoms with Crippen molar-refractivity contribution in [3.05, 3.63) is 23.8 Å². The lowest BCUT2D eigenvalue weighted by Crippen LogP contribution is -2.49. The molecule has 1 heterocycles. The first-order chi connectivity index (χ1) is 8.49. The number of ketones is 2. The highest BCUT2D eigenvalue weighted by Crippen LogP contribution is 2.37. The van der Waals surface area contributed by atoms with Crippen molar-refractivity contribution in [1.82, 2.24) is 0 Å². The molecule has 3 N–H and O–H groups in total. The Bertz CT molecular complexity index is 564. The number of fused-ring (bicyclic) bond motifs is 1. The molecule has 1 aliphatic rings. The molecule has 1 atom stereocenters. The SMILES string of the molecule is COc1cccc2c1N(F)C(C(=O)O)C(=O)C2=O.Cl.O. The lowest BCUT2D eigenvalue weighted by atomic mass is 9.94. The first-order valence-corrected chi connectivity index (χ1v) is 4.92. The number of anilines is 1. The Hall–Kier alpha value is -2.19. The molecule has 2 rings (SSSR count). The average molecular weight is 308 g/mol. The Morgan fingerprint density at radius 2 is 2.00 bits per heavy atom. The minimum Gasteiger partial charge on any atom is -0.494 e. The van der Waals surface area contributed by atoms with E-state index < -0.39 is 23.6 Å². The van der Waals surface area contributed by atoms with Crippen LogP contribution in [-0.2, 0) is 9.59 Å². The van der Waals surface area contributed by atoms with Crippen LogP contribution in [0.5, 0.6) is 5.75 Å². The number of carbonyl (C=O) groups excluding carboxylic acids is 2. The van der Waals surface area contributed by atoms with Gasteiger partial charge in [0, 0.05) is 0 Å². The first kappa shape index (κ1) is 17.8. The third-order valence-electron chi connectivity index (χ3n) is 2.61. The van der Waals surface area contributed by atoms with Gasteiger partial charge >= 0.3 is 5.97 Å². The first-order valence-electron chi connectivity index (χ1n) is 4.92. The molecule has 7 nitrogen and oxygen atoms in total. The van der Waals surface area contributed by atoms with E-state index in [2.05, 4.69) is 0 Å². The number of methoxy groups -OCH3 is 1. The van der Waals surface area contributed by atoms with E-state index in [-0.39, 0.29) is 40.0 Å². The van der Waals surface area contributed by atoms with Crippen molar-refractivity contribution in [3.8, 4) is 5.75 Å². The summed E-state index contributed by atoms with van der Waals surface area (Å²) in [6, 6.07) is 1.86. The van der Waals surface area contributed by atoms with Crippen molar-refractivity contribution < 1.29 is 34.2 Å². The minimum atomic E-state index is -2.17. The molecule has 0 aromatic heterocycles. The number of benzene rings is 1. The number of para-hydroxylation sites is 1. The predicted octanol–water partition coefficient (Wildman–Crippen LogP) is 0.202. The molecule has 0 saturated carbocycles. The predicted molar refractivity (Wildman–Crippen MR) is 68.2 cm³/mol. The Morgan fingerprint density at radius 1 is 1.40 bits per heavy atom. The Morgan fingerprint density at radius 3 is 2.50 bits per heavy atom. The third-order valence-corrected chi connectivity index (χ3v) is 2.61. The van der Waals surface area contributed by atoms with Crippen molar-refractivity contribution in [3.63, 3.8) is 0 Å². The number of carbonyl (C=O) groups is 3. The highest BCUT2D eigenvalue weighted by atomic mass is 35.5. The summed E-state index contributed by atoms with van der Waals surface area (Å²) < 4.78 is 18.8. The van der Waals surface area contributed by atoms with Crippen LogP contribution in [0.4, 0.5) is 10.2 Å². The minimum absolute atomic E-state index is 0. The van der Waals surface area contributed by atoms with Gasteiger partial charge in [-0.3, -0.25) is 9.59 Å². The zero-order valence-electron chi connectivity index (χ0n) is 10.1. The average Bonchev–Trinajstić information content (AvgIpc) is 2.34. The fourth-order valence-corrected chi connectivity index (χ4v) is 1.79. The molecule has 0 aliphatic carbocycles. The van der Waals surface area contributed by atoms with E-state index in [4.69, 9.17) is 9.84 Å². The van der Waals surface area contributed by atoms with Gasteiger partial charge in [0.25, 0.3) is 0 Å². The fraction of sp³-hybridized carbons (Fsp3) is 0.182. The molecule has 1 unspecified atom stereocenters. The lowest BCUT2D eigenvalue weighted by Gasteiger charge is -2.27. The second kappa shape index (κ2) is 6.31. The van der Waals surface area contributed by atoms with Crippen LogP contribution in [0.3, 0.4) is 0 Å². The lowest BCUT2D eigenvalue weighted by molar-refractivity contribution is -0.142. The summed E-state index contributed by atoms with van der Waals surface area (Å²) in [7, 11) is 1.25. The van der Waals surface area contributed by atoms with Crippen LogP contribution in [0, 0.1) is 0 Å². The van der Waals surface area contributed by atoms with E-state index in [9.17, 15) is 18.9 Å². The van der Waals surface area contributed by atoms with Gasteiger partial charge in [0.1, 0.15) is 11.4 Å². The number of nitrogens with zero attached hydrogens (tertiary/aromatic N) is 1. The van der Waals surface area contributed by atoms with E-state index in [1.165, 1.54) is 25.3 Å². The normalized spacial score (nSPS) is 16.7. The molecule has 1 aromatic carbocycles. The Kier molecular flexibility index (Phi) is 5.62. The number of ether oxygens (including phenoxy) is 1. The van der Waals surface area contributed by atoms with Crippen LogP contribution in [0.1, 0.15) is 10.4 Å². The molecule has 1 aromatic rings. The van der Waals surface area contributed by atoms with Gasteiger partial charge in [-0.05, 0) is 12.1 Å². The molecule has 0 fully saturated rings. The van der Waals surface area contributed by atoms with Gasteiger partial charge in [-0.2, -0.15) is 5.12 Å². The summed E-state index contributed by atoms with van der Waals surface area (Å²) in [5.41, 5.74) is -0.545. The summed E-state index contributed by atoms with van der Waals surface area (Å²) in [5, 5.41) is 8.54. The standard InChI is InChI=1S/C11H8FNO5.ClH.H2O/c1-18-6-4-2-3-5-7(6)13(12)8(11(16)17)10(15)9(5)14;;/h2-4,8H,1H3,(H,16,17);1H;1H2. The number of hydrogen-bond donors (Lipinski definition) is 1.